The van der Waals surface area contributed by atoms with Crippen LogP contribution in [-0.2, 0) is 21.4 Å². The van der Waals surface area contributed by atoms with Crippen molar-refractivity contribution in [3.63, 3.8) is 0 Å². The summed E-state index contributed by atoms with van der Waals surface area (Å²) >= 11 is 6.07. The molecule has 0 saturated heterocycles. The number of amides is 1. The molecule has 4 aromatic rings. The average molecular weight is 652 g/mol. The van der Waals surface area contributed by atoms with E-state index in [0.29, 0.717) is 46.7 Å². The summed E-state index contributed by atoms with van der Waals surface area (Å²) in [4.78, 5) is 13.0. The van der Waals surface area contributed by atoms with E-state index in [1.54, 1.807) is 48.5 Å². The Morgan fingerprint density at radius 3 is 2.31 bits per heavy atom. The van der Waals surface area contributed by atoms with Crippen LogP contribution < -0.4 is 28.7 Å². The number of nitrogens with zero attached hydrogens (tertiary/aromatic N) is 2. The number of methoxy groups -OCH3 is 2. The van der Waals surface area contributed by atoms with E-state index in [4.69, 9.17) is 30.5 Å². The predicted octanol–water partition coefficient (Wildman–Crippen LogP) is 5.99. The third-order valence-electron chi connectivity index (χ3n) is 6.51. The number of nitrogens with one attached hydrogen (secondary N) is 1. The molecule has 0 bridgehead atoms. The molecule has 0 unspecified atom stereocenters. The lowest BCUT2D eigenvalue weighted by Crippen LogP contribution is -2.39. The molecular formula is C33H34ClN3O7S. The number of benzene rings is 4. The molecular weight excluding hydrogens is 618 g/mol. The van der Waals surface area contributed by atoms with Crippen LogP contribution in [0.4, 0.5) is 5.69 Å². The number of rotatable bonds is 14. The van der Waals surface area contributed by atoms with Crippen molar-refractivity contribution in [2.75, 3.05) is 31.7 Å². The van der Waals surface area contributed by atoms with Crippen LogP contribution in [0.3, 0.4) is 0 Å². The monoisotopic (exact) mass is 651 g/mol. The van der Waals surface area contributed by atoms with Crippen LogP contribution in [0.5, 0.6) is 23.0 Å². The lowest BCUT2D eigenvalue weighted by molar-refractivity contribution is -0.119. The Morgan fingerprint density at radius 2 is 1.62 bits per heavy atom. The summed E-state index contributed by atoms with van der Waals surface area (Å²) in [5.41, 5.74) is 5.20. The van der Waals surface area contributed by atoms with Gasteiger partial charge in [-0.1, -0.05) is 41.4 Å². The van der Waals surface area contributed by atoms with Gasteiger partial charge in [0.2, 0.25) is 0 Å². The fraction of sp³-hybridized carbons (Fsp3) is 0.212. The second-order valence-electron chi connectivity index (χ2n) is 9.71. The Balaban J connectivity index is 1.50. The van der Waals surface area contributed by atoms with Gasteiger partial charge in [-0.05, 0) is 79.6 Å². The van der Waals surface area contributed by atoms with Gasteiger partial charge in [0.1, 0.15) is 13.2 Å². The van der Waals surface area contributed by atoms with E-state index in [2.05, 4.69) is 10.5 Å². The van der Waals surface area contributed by atoms with Crippen LogP contribution in [0.2, 0.25) is 5.02 Å². The molecule has 236 valence electrons. The van der Waals surface area contributed by atoms with E-state index in [1.165, 1.54) is 38.6 Å². The fourth-order valence-corrected chi connectivity index (χ4v) is 5.91. The highest BCUT2D eigenvalue weighted by Gasteiger charge is 2.28. The SMILES string of the molecule is CCOc1cc(/C=N\NC(=O)CN(c2ccc(C)cc2)S(=O)(=O)c2ccc(OC)c(OC)c2)ccc1OCc1cccc(Cl)c1. The summed E-state index contributed by atoms with van der Waals surface area (Å²) < 4.78 is 50.8. The second-order valence-corrected chi connectivity index (χ2v) is 12.0. The Morgan fingerprint density at radius 1 is 0.889 bits per heavy atom. The Kier molecular flexibility index (Phi) is 11.3. The van der Waals surface area contributed by atoms with E-state index >= 15 is 0 Å². The number of hydrogen-bond acceptors (Lipinski definition) is 8. The summed E-state index contributed by atoms with van der Waals surface area (Å²) in [6.07, 6.45) is 1.43. The molecule has 0 atom stereocenters. The molecule has 0 fully saturated rings. The second kappa shape index (κ2) is 15.3. The molecule has 0 aliphatic heterocycles. The molecule has 1 amide bonds. The molecule has 0 heterocycles. The van der Waals surface area contributed by atoms with Crippen molar-refractivity contribution in [3.05, 3.63) is 107 Å². The molecule has 0 radical (unpaired) electrons. The summed E-state index contributed by atoms with van der Waals surface area (Å²) in [6.45, 7) is 3.92. The number of hydrazone groups is 1. The van der Waals surface area contributed by atoms with Crippen molar-refractivity contribution in [2.24, 2.45) is 5.10 Å². The third kappa shape index (κ3) is 8.68. The number of anilines is 1. The predicted molar refractivity (Wildman–Crippen MR) is 174 cm³/mol. The van der Waals surface area contributed by atoms with Gasteiger partial charge in [0.15, 0.2) is 23.0 Å². The fourth-order valence-electron chi connectivity index (χ4n) is 4.26. The first kappa shape index (κ1) is 33.2. The van der Waals surface area contributed by atoms with Crippen LogP contribution >= 0.6 is 11.6 Å². The maximum Gasteiger partial charge on any atom is 0.264 e. The smallest absolute Gasteiger partial charge is 0.264 e. The highest BCUT2D eigenvalue weighted by Crippen LogP contribution is 2.32. The number of ether oxygens (including phenoxy) is 4. The maximum atomic E-state index is 13.8. The third-order valence-corrected chi connectivity index (χ3v) is 8.51. The van der Waals surface area contributed by atoms with Gasteiger partial charge in [-0.25, -0.2) is 13.8 Å². The van der Waals surface area contributed by atoms with E-state index in [9.17, 15) is 13.2 Å². The Hall–Kier alpha value is -4.74. The Bertz CT molecular complexity index is 1760. The van der Waals surface area contributed by atoms with Gasteiger partial charge < -0.3 is 18.9 Å². The van der Waals surface area contributed by atoms with Crippen molar-refractivity contribution in [2.45, 2.75) is 25.3 Å². The van der Waals surface area contributed by atoms with Gasteiger partial charge in [-0.2, -0.15) is 5.10 Å². The molecule has 12 heteroatoms. The molecule has 0 aliphatic carbocycles. The van der Waals surface area contributed by atoms with Gasteiger partial charge in [-0.3, -0.25) is 9.10 Å². The summed E-state index contributed by atoms with van der Waals surface area (Å²) in [5, 5.41) is 4.67. The molecule has 0 spiro atoms. The quantitative estimate of drug-likeness (QED) is 0.132. The first-order valence-electron chi connectivity index (χ1n) is 13.9. The molecule has 0 aromatic heterocycles. The minimum absolute atomic E-state index is 0.0712. The van der Waals surface area contributed by atoms with E-state index in [0.717, 1.165) is 15.4 Å². The van der Waals surface area contributed by atoms with Gasteiger partial charge in [0, 0.05) is 11.1 Å². The maximum absolute atomic E-state index is 13.8. The Labute approximate surface area is 268 Å². The van der Waals surface area contributed by atoms with Crippen LogP contribution in [0.25, 0.3) is 0 Å². The number of aryl methyl sites for hydroxylation is 1. The number of carbonyl (C=O) groups excluding carboxylic acids is 1. The highest BCUT2D eigenvalue weighted by molar-refractivity contribution is 7.92. The molecule has 0 saturated carbocycles. The molecule has 10 nitrogen and oxygen atoms in total. The number of sulfonamides is 1. The van der Waals surface area contributed by atoms with Gasteiger partial charge in [0.25, 0.3) is 15.9 Å². The van der Waals surface area contributed by atoms with Gasteiger partial charge in [0.05, 0.1) is 37.6 Å². The molecule has 4 rings (SSSR count). The number of halogens is 1. The van der Waals surface area contributed by atoms with Crippen LogP contribution in [0, 0.1) is 6.92 Å². The summed E-state index contributed by atoms with van der Waals surface area (Å²) in [5.74, 6) is 0.998. The van der Waals surface area contributed by atoms with Crippen molar-refractivity contribution in [3.8, 4) is 23.0 Å². The van der Waals surface area contributed by atoms with E-state index in [-0.39, 0.29) is 10.6 Å². The first-order valence-corrected chi connectivity index (χ1v) is 15.7. The topological polar surface area (TPSA) is 116 Å². The average Bonchev–Trinajstić information content (AvgIpc) is 3.03. The number of carbonyl (C=O) groups is 1. The molecule has 4 aromatic carbocycles. The lowest BCUT2D eigenvalue weighted by atomic mass is 10.2. The lowest BCUT2D eigenvalue weighted by Gasteiger charge is -2.24. The minimum Gasteiger partial charge on any atom is -0.493 e. The van der Waals surface area contributed by atoms with Crippen LogP contribution in [0.15, 0.2) is 94.9 Å². The first-order chi connectivity index (χ1) is 21.6. The van der Waals surface area contributed by atoms with Crippen molar-refractivity contribution >= 4 is 39.4 Å². The molecule has 1 N–H and O–H groups in total. The molecule has 45 heavy (non-hydrogen) atoms. The zero-order valence-corrected chi connectivity index (χ0v) is 26.9. The van der Waals surface area contributed by atoms with E-state index in [1.807, 2.05) is 32.0 Å². The normalized spacial score (nSPS) is 11.2. The van der Waals surface area contributed by atoms with Crippen molar-refractivity contribution in [1.82, 2.24) is 5.43 Å². The molecule has 0 aliphatic rings. The number of hydrogen-bond donors (Lipinski definition) is 1. The van der Waals surface area contributed by atoms with Gasteiger partial charge >= 0.3 is 0 Å². The van der Waals surface area contributed by atoms with Crippen LogP contribution in [-0.4, -0.2) is 47.9 Å². The zero-order chi connectivity index (χ0) is 32.4. The van der Waals surface area contributed by atoms with Gasteiger partial charge in [-0.15, -0.1) is 0 Å². The standard InChI is InChI=1S/C33H34ClN3O7S/c1-5-43-32-18-24(11-15-30(32)44-22-25-7-6-8-26(34)17-25)20-35-36-33(38)21-37(27-12-9-23(2)10-13-27)45(39,40)28-14-16-29(41-3)31(19-28)42-4/h6-20H,5,21-22H2,1-4H3,(H,36,38)/b35-20-. The highest BCUT2D eigenvalue weighted by atomic mass is 35.5. The summed E-state index contributed by atoms with van der Waals surface area (Å²) in [6, 6.07) is 23.6. The zero-order valence-electron chi connectivity index (χ0n) is 25.3. The van der Waals surface area contributed by atoms with Crippen molar-refractivity contribution in [1.29, 1.82) is 0 Å². The van der Waals surface area contributed by atoms with Crippen molar-refractivity contribution < 1.29 is 32.2 Å². The summed E-state index contributed by atoms with van der Waals surface area (Å²) in [7, 11) is -1.32. The largest absolute Gasteiger partial charge is 0.493 e. The minimum atomic E-state index is -4.19. The van der Waals surface area contributed by atoms with Crippen LogP contribution in [0.1, 0.15) is 23.6 Å². The van der Waals surface area contributed by atoms with E-state index < -0.39 is 22.5 Å².